The standard InChI is InChI=1S/C14H23NO2/c1-12-10-17-9-8-14(12,16)13(11-15)6-4-2-3-5-7-13/h12,16H,2-10H2,1H3. The number of aliphatic hydroxyl groups is 1. The average molecular weight is 237 g/mol. The molecule has 0 spiro atoms. The Morgan fingerprint density at radius 1 is 1.18 bits per heavy atom. The Labute approximate surface area is 104 Å². The second-order valence-electron chi connectivity index (χ2n) is 5.76. The van der Waals surface area contributed by atoms with Crippen molar-refractivity contribution >= 4 is 0 Å². The number of ether oxygens (including phenoxy) is 1. The molecule has 2 aliphatic rings. The normalized spacial score (nSPS) is 38.1. The van der Waals surface area contributed by atoms with Crippen molar-refractivity contribution in [1.82, 2.24) is 0 Å². The van der Waals surface area contributed by atoms with Crippen molar-refractivity contribution in [3.63, 3.8) is 0 Å². The van der Waals surface area contributed by atoms with E-state index in [1.54, 1.807) is 0 Å². The third-order valence-corrected chi connectivity index (χ3v) is 4.81. The summed E-state index contributed by atoms with van der Waals surface area (Å²) >= 11 is 0. The molecule has 1 N–H and O–H groups in total. The minimum absolute atomic E-state index is 0.0639. The molecule has 1 saturated carbocycles. The van der Waals surface area contributed by atoms with Crippen LogP contribution in [-0.4, -0.2) is 23.9 Å². The van der Waals surface area contributed by atoms with Gasteiger partial charge in [-0.1, -0.05) is 32.6 Å². The van der Waals surface area contributed by atoms with Crippen LogP contribution in [0.2, 0.25) is 0 Å². The lowest BCUT2D eigenvalue weighted by Gasteiger charge is -2.48. The van der Waals surface area contributed by atoms with E-state index in [1.165, 1.54) is 12.8 Å². The van der Waals surface area contributed by atoms with Crippen LogP contribution in [0.3, 0.4) is 0 Å². The molecule has 17 heavy (non-hydrogen) atoms. The molecule has 1 aliphatic carbocycles. The van der Waals surface area contributed by atoms with Gasteiger partial charge in [-0.2, -0.15) is 5.26 Å². The van der Waals surface area contributed by atoms with Crippen molar-refractivity contribution in [1.29, 1.82) is 5.26 Å². The molecule has 0 aromatic heterocycles. The van der Waals surface area contributed by atoms with Crippen LogP contribution in [0.1, 0.15) is 51.9 Å². The SMILES string of the molecule is CC1COCCC1(O)C1(C#N)CCCCCC1. The second kappa shape index (κ2) is 4.96. The van der Waals surface area contributed by atoms with Gasteiger partial charge in [-0.15, -0.1) is 0 Å². The van der Waals surface area contributed by atoms with Crippen LogP contribution >= 0.6 is 0 Å². The summed E-state index contributed by atoms with van der Waals surface area (Å²) in [5.74, 6) is 0.0639. The first-order valence-corrected chi connectivity index (χ1v) is 6.86. The van der Waals surface area contributed by atoms with E-state index in [4.69, 9.17) is 4.74 Å². The predicted molar refractivity (Wildman–Crippen MR) is 65.3 cm³/mol. The van der Waals surface area contributed by atoms with E-state index in [1.807, 2.05) is 6.92 Å². The summed E-state index contributed by atoms with van der Waals surface area (Å²) in [5.41, 5.74) is -1.38. The lowest BCUT2D eigenvalue weighted by atomic mass is 9.61. The van der Waals surface area contributed by atoms with Crippen molar-refractivity contribution in [2.75, 3.05) is 13.2 Å². The summed E-state index contributed by atoms with van der Waals surface area (Å²) in [5, 5.41) is 20.7. The zero-order valence-corrected chi connectivity index (χ0v) is 10.7. The van der Waals surface area contributed by atoms with Crippen LogP contribution in [0.5, 0.6) is 0 Å². The summed E-state index contributed by atoms with van der Waals surface area (Å²) in [4.78, 5) is 0. The fourth-order valence-corrected chi connectivity index (χ4v) is 3.56. The highest BCUT2D eigenvalue weighted by Crippen LogP contribution is 2.49. The van der Waals surface area contributed by atoms with Crippen molar-refractivity contribution < 1.29 is 9.84 Å². The monoisotopic (exact) mass is 237 g/mol. The summed E-state index contributed by atoms with van der Waals surface area (Å²) < 4.78 is 5.42. The van der Waals surface area contributed by atoms with Gasteiger partial charge in [0.05, 0.1) is 23.7 Å². The van der Waals surface area contributed by atoms with Crippen molar-refractivity contribution in [2.45, 2.75) is 57.5 Å². The molecule has 1 heterocycles. The highest BCUT2D eigenvalue weighted by atomic mass is 16.5. The van der Waals surface area contributed by atoms with Gasteiger partial charge in [-0.05, 0) is 12.8 Å². The molecule has 0 amide bonds. The van der Waals surface area contributed by atoms with Crippen LogP contribution in [0.4, 0.5) is 0 Å². The Balaban J connectivity index is 2.28. The Hall–Kier alpha value is -0.590. The quantitative estimate of drug-likeness (QED) is 0.713. The van der Waals surface area contributed by atoms with Crippen molar-refractivity contribution in [2.24, 2.45) is 11.3 Å². The van der Waals surface area contributed by atoms with Crippen LogP contribution in [0, 0.1) is 22.7 Å². The minimum atomic E-state index is -0.843. The summed E-state index contributed by atoms with van der Waals surface area (Å²) in [6.45, 7) is 3.19. The van der Waals surface area contributed by atoms with Crippen LogP contribution in [-0.2, 0) is 4.74 Å². The molecule has 0 aromatic rings. The highest BCUT2D eigenvalue weighted by Gasteiger charge is 2.54. The molecule has 2 atom stereocenters. The predicted octanol–water partition coefficient (Wildman–Crippen LogP) is 2.64. The van der Waals surface area contributed by atoms with E-state index < -0.39 is 11.0 Å². The first-order valence-electron chi connectivity index (χ1n) is 6.86. The van der Waals surface area contributed by atoms with Gasteiger partial charge in [-0.25, -0.2) is 0 Å². The maximum atomic E-state index is 11.0. The summed E-state index contributed by atoms with van der Waals surface area (Å²) in [7, 11) is 0. The zero-order chi connectivity index (χ0) is 12.4. The number of hydrogen-bond donors (Lipinski definition) is 1. The maximum absolute atomic E-state index is 11.0. The molecule has 2 fully saturated rings. The smallest absolute Gasteiger partial charge is 0.0902 e. The Kier molecular flexibility index (Phi) is 3.75. The van der Waals surface area contributed by atoms with Crippen molar-refractivity contribution in [3.05, 3.63) is 0 Å². The molecular weight excluding hydrogens is 214 g/mol. The highest BCUT2D eigenvalue weighted by molar-refractivity contribution is 5.14. The van der Waals surface area contributed by atoms with Crippen LogP contribution < -0.4 is 0 Å². The largest absolute Gasteiger partial charge is 0.388 e. The molecule has 0 bridgehead atoms. The molecular formula is C14H23NO2. The van der Waals surface area contributed by atoms with E-state index in [2.05, 4.69) is 6.07 Å². The van der Waals surface area contributed by atoms with Gasteiger partial charge in [0.2, 0.25) is 0 Å². The van der Waals surface area contributed by atoms with E-state index in [0.29, 0.717) is 19.6 Å². The Morgan fingerprint density at radius 2 is 1.82 bits per heavy atom. The first kappa shape index (κ1) is 12.9. The third kappa shape index (κ3) is 2.09. The van der Waals surface area contributed by atoms with Gasteiger partial charge in [0, 0.05) is 18.9 Å². The maximum Gasteiger partial charge on any atom is 0.0902 e. The fraction of sp³-hybridized carbons (Fsp3) is 0.929. The topological polar surface area (TPSA) is 53.2 Å². The lowest BCUT2D eigenvalue weighted by molar-refractivity contribution is -0.165. The molecule has 2 rings (SSSR count). The molecule has 1 saturated heterocycles. The van der Waals surface area contributed by atoms with Gasteiger partial charge in [-0.3, -0.25) is 0 Å². The van der Waals surface area contributed by atoms with E-state index >= 15 is 0 Å². The lowest BCUT2D eigenvalue weighted by Crippen LogP contribution is -2.56. The molecule has 96 valence electrons. The molecule has 0 radical (unpaired) electrons. The number of hydrogen-bond acceptors (Lipinski definition) is 3. The van der Waals surface area contributed by atoms with Crippen LogP contribution in [0.15, 0.2) is 0 Å². The summed E-state index contributed by atoms with van der Waals surface area (Å²) in [6.07, 6.45) is 6.86. The fourth-order valence-electron chi connectivity index (χ4n) is 3.56. The summed E-state index contributed by atoms with van der Waals surface area (Å²) in [6, 6.07) is 2.49. The first-order chi connectivity index (χ1) is 8.15. The Bertz CT molecular complexity index is 302. The average Bonchev–Trinajstić information content (AvgIpc) is 2.59. The molecule has 0 aromatic carbocycles. The van der Waals surface area contributed by atoms with E-state index in [0.717, 1.165) is 25.7 Å². The van der Waals surface area contributed by atoms with Crippen LogP contribution in [0.25, 0.3) is 0 Å². The molecule has 3 nitrogen and oxygen atoms in total. The third-order valence-electron chi connectivity index (χ3n) is 4.81. The molecule has 3 heteroatoms. The minimum Gasteiger partial charge on any atom is -0.388 e. The van der Waals surface area contributed by atoms with Crippen molar-refractivity contribution in [3.8, 4) is 6.07 Å². The van der Waals surface area contributed by atoms with Gasteiger partial charge in [0.1, 0.15) is 0 Å². The second-order valence-corrected chi connectivity index (χ2v) is 5.76. The van der Waals surface area contributed by atoms with E-state index in [9.17, 15) is 10.4 Å². The van der Waals surface area contributed by atoms with E-state index in [-0.39, 0.29) is 5.92 Å². The molecule has 1 aliphatic heterocycles. The van der Waals surface area contributed by atoms with Gasteiger partial charge < -0.3 is 9.84 Å². The van der Waals surface area contributed by atoms with Gasteiger partial charge in [0.15, 0.2) is 0 Å². The number of nitrogens with zero attached hydrogens (tertiary/aromatic N) is 1. The molecule has 2 unspecified atom stereocenters. The number of nitriles is 1. The number of rotatable bonds is 1. The van der Waals surface area contributed by atoms with Gasteiger partial charge >= 0.3 is 0 Å². The zero-order valence-electron chi connectivity index (χ0n) is 10.7. The van der Waals surface area contributed by atoms with Gasteiger partial charge in [0.25, 0.3) is 0 Å². The Morgan fingerprint density at radius 3 is 2.35 bits per heavy atom.